The minimum absolute atomic E-state index is 0.000518. The summed E-state index contributed by atoms with van der Waals surface area (Å²) in [6.07, 6.45) is 1.54. The highest BCUT2D eigenvalue weighted by Gasteiger charge is 2.04. The summed E-state index contributed by atoms with van der Waals surface area (Å²) in [7, 11) is 0. The number of aromatic hydroxyl groups is 1. The second-order valence-electron chi connectivity index (χ2n) is 3.63. The molecule has 0 saturated heterocycles. The summed E-state index contributed by atoms with van der Waals surface area (Å²) >= 11 is 0. The maximum Gasteiger partial charge on any atom is 0.271 e. The first-order chi connectivity index (χ1) is 8.65. The molecule has 0 amide bonds. The molecule has 0 unspecified atom stereocenters. The smallest absolute Gasteiger partial charge is 0.271 e. The molecule has 0 aliphatic carbocycles. The van der Waals surface area contributed by atoms with Gasteiger partial charge in [-0.25, -0.2) is 0 Å². The molecule has 0 radical (unpaired) electrons. The molecule has 18 heavy (non-hydrogen) atoms. The molecule has 0 saturated carbocycles. The van der Waals surface area contributed by atoms with Crippen LogP contribution in [-0.2, 0) is 0 Å². The largest absolute Gasteiger partial charge is 0.508 e. The summed E-state index contributed by atoms with van der Waals surface area (Å²) in [6, 6.07) is 12.6. The maximum atomic E-state index is 10.6. The number of phenolic OH excluding ortho intramolecular Hbond substituents is 1. The van der Waals surface area contributed by atoms with Crippen molar-refractivity contribution in [3.63, 3.8) is 0 Å². The van der Waals surface area contributed by atoms with Gasteiger partial charge in [0.15, 0.2) is 0 Å². The van der Waals surface area contributed by atoms with Crippen LogP contribution in [0.5, 0.6) is 5.75 Å². The third-order valence-electron chi connectivity index (χ3n) is 2.27. The van der Waals surface area contributed by atoms with Crippen LogP contribution >= 0.6 is 0 Å². The lowest BCUT2D eigenvalue weighted by atomic mass is 10.2. The molecule has 0 heterocycles. The van der Waals surface area contributed by atoms with Gasteiger partial charge in [-0.2, -0.15) is 0 Å². The van der Waals surface area contributed by atoms with Crippen LogP contribution in [-0.4, -0.2) is 16.2 Å². The molecule has 90 valence electrons. The van der Waals surface area contributed by atoms with Crippen molar-refractivity contribution in [1.82, 2.24) is 0 Å². The molecular weight excluding hydrogens is 232 g/mol. The highest BCUT2D eigenvalue weighted by atomic mass is 16.6. The van der Waals surface area contributed by atoms with Gasteiger partial charge in [-0.15, -0.1) is 0 Å². The summed E-state index contributed by atoms with van der Waals surface area (Å²) in [5, 5.41) is 19.9. The average molecular weight is 242 g/mol. The third kappa shape index (κ3) is 2.91. The van der Waals surface area contributed by atoms with Crippen molar-refractivity contribution in [1.29, 1.82) is 0 Å². The number of nitro groups is 1. The van der Waals surface area contributed by atoms with Gasteiger partial charge >= 0.3 is 0 Å². The Kier molecular flexibility index (Phi) is 3.33. The van der Waals surface area contributed by atoms with Gasteiger partial charge in [0.25, 0.3) is 5.69 Å². The fourth-order valence-electron chi connectivity index (χ4n) is 1.44. The van der Waals surface area contributed by atoms with Gasteiger partial charge in [-0.05, 0) is 23.8 Å². The Labute approximate surface area is 103 Å². The number of hydrogen-bond donors (Lipinski definition) is 1. The predicted molar refractivity (Wildman–Crippen MR) is 68.5 cm³/mol. The van der Waals surface area contributed by atoms with Crippen molar-refractivity contribution < 1.29 is 10.0 Å². The number of non-ortho nitro benzene ring substituents is 1. The molecule has 0 aliphatic rings. The Balaban J connectivity index is 2.23. The summed E-state index contributed by atoms with van der Waals surface area (Å²) in [6.45, 7) is 0. The second-order valence-corrected chi connectivity index (χ2v) is 3.63. The lowest BCUT2D eigenvalue weighted by Gasteiger charge is -1.96. The van der Waals surface area contributed by atoms with Crippen LogP contribution in [0.1, 0.15) is 5.56 Å². The van der Waals surface area contributed by atoms with E-state index in [2.05, 4.69) is 4.99 Å². The number of nitro benzene ring substituents is 1. The Morgan fingerprint density at radius 2 is 1.94 bits per heavy atom. The van der Waals surface area contributed by atoms with Crippen LogP contribution in [0.25, 0.3) is 0 Å². The van der Waals surface area contributed by atoms with Crippen LogP contribution in [0, 0.1) is 10.1 Å². The Morgan fingerprint density at radius 3 is 2.67 bits per heavy atom. The molecule has 0 aliphatic heterocycles. The summed E-state index contributed by atoms with van der Waals surface area (Å²) in [5.41, 5.74) is 1.22. The fraction of sp³-hybridized carbons (Fsp3) is 0. The molecule has 2 aromatic rings. The molecule has 2 aromatic carbocycles. The zero-order chi connectivity index (χ0) is 13.0. The number of hydrogen-bond acceptors (Lipinski definition) is 4. The highest BCUT2D eigenvalue weighted by Crippen LogP contribution is 2.19. The first-order valence-corrected chi connectivity index (χ1v) is 5.23. The van der Waals surface area contributed by atoms with E-state index in [9.17, 15) is 15.2 Å². The van der Waals surface area contributed by atoms with Crippen molar-refractivity contribution in [2.24, 2.45) is 4.99 Å². The van der Waals surface area contributed by atoms with E-state index < -0.39 is 4.92 Å². The van der Waals surface area contributed by atoms with Gasteiger partial charge < -0.3 is 5.11 Å². The zero-order valence-electron chi connectivity index (χ0n) is 9.35. The standard InChI is InChI=1S/C13H10N2O3/c16-13-6-1-3-10(7-13)9-14-11-4-2-5-12(8-11)15(17)18/h1-9,16H. The van der Waals surface area contributed by atoms with E-state index in [0.717, 1.165) is 5.56 Å². The Hall–Kier alpha value is -2.69. The molecule has 1 N–H and O–H groups in total. The van der Waals surface area contributed by atoms with Crippen molar-refractivity contribution in [3.8, 4) is 5.75 Å². The lowest BCUT2D eigenvalue weighted by molar-refractivity contribution is -0.384. The summed E-state index contributed by atoms with van der Waals surface area (Å²) < 4.78 is 0. The van der Waals surface area contributed by atoms with Gasteiger partial charge in [0.2, 0.25) is 0 Å². The lowest BCUT2D eigenvalue weighted by Crippen LogP contribution is -1.86. The molecule has 2 rings (SSSR count). The number of aliphatic imine (C=N–C) groups is 1. The topological polar surface area (TPSA) is 75.7 Å². The van der Waals surface area contributed by atoms with Crippen molar-refractivity contribution in [3.05, 3.63) is 64.2 Å². The van der Waals surface area contributed by atoms with E-state index in [1.165, 1.54) is 12.1 Å². The van der Waals surface area contributed by atoms with Crippen molar-refractivity contribution >= 4 is 17.6 Å². The minimum Gasteiger partial charge on any atom is -0.508 e. The third-order valence-corrected chi connectivity index (χ3v) is 2.27. The fourth-order valence-corrected chi connectivity index (χ4v) is 1.44. The number of benzene rings is 2. The van der Waals surface area contributed by atoms with E-state index in [0.29, 0.717) is 5.69 Å². The molecule has 0 fully saturated rings. The van der Waals surface area contributed by atoms with Gasteiger partial charge in [-0.3, -0.25) is 15.1 Å². The average Bonchev–Trinajstić information content (AvgIpc) is 2.37. The van der Waals surface area contributed by atoms with Crippen LogP contribution in [0.2, 0.25) is 0 Å². The number of nitrogens with zero attached hydrogens (tertiary/aromatic N) is 2. The molecule has 0 bridgehead atoms. The summed E-state index contributed by atoms with van der Waals surface area (Å²) in [4.78, 5) is 14.2. The molecule has 0 aromatic heterocycles. The second kappa shape index (κ2) is 5.09. The quantitative estimate of drug-likeness (QED) is 0.510. The number of rotatable bonds is 3. The van der Waals surface area contributed by atoms with Crippen LogP contribution in [0.15, 0.2) is 53.5 Å². The molecular formula is C13H10N2O3. The predicted octanol–water partition coefficient (Wildman–Crippen LogP) is 3.05. The Bertz CT molecular complexity index is 609. The highest BCUT2D eigenvalue weighted by molar-refractivity contribution is 5.82. The van der Waals surface area contributed by atoms with Crippen molar-refractivity contribution in [2.75, 3.05) is 0 Å². The van der Waals surface area contributed by atoms with E-state index in [4.69, 9.17) is 0 Å². The first kappa shape index (κ1) is 11.8. The SMILES string of the molecule is O=[N+]([O-])c1cccc(N=Cc2cccc(O)c2)c1. The maximum absolute atomic E-state index is 10.6. The van der Waals surface area contributed by atoms with E-state index in [1.54, 1.807) is 42.6 Å². The van der Waals surface area contributed by atoms with Crippen LogP contribution < -0.4 is 0 Å². The van der Waals surface area contributed by atoms with E-state index >= 15 is 0 Å². The molecule has 0 spiro atoms. The van der Waals surface area contributed by atoms with E-state index in [-0.39, 0.29) is 11.4 Å². The summed E-state index contributed by atoms with van der Waals surface area (Å²) in [5.74, 6) is 0.151. The molecule has 0 atom stereocenters. The Morgan fingerprint density at radius 1 is 1.17 bits per heavy atom. The van der Waals surface area contributed by atoms with Gasteiger partial charge in [0.1, 0.15) is 5.75 Å². The van der Waals surface area contributed by atoms with Gasteiger partial charge in [0.05, 0.1) is 10.6 Å². The van der Waals surface area contributed by atoms with Gasteiger partial charge in [0, 0.05) is 18.3 Å². The first-order valence-electron chi connectivity index (χ1n) is 5.23. The monoisotopic (exact) mass is 242 g/mol. The normalized spacial score (nSPS) is 10.7. The zero-order valence-corrected chi connectivity index (χ0v) is 9.35. The van der Waals surface area contributed by atoms with E-state index in [1.807, 2.05) is 0 Å². The van der Waals surface area contributed by atoms with Crippen LogP contribution in [0.4, 0.5) is 11.4 Å². The van der Waals surface area contributed by atoms with Crippen molar-refractivity contribution in [2.45, 2.75) is 0 Å². The number of phenols is 1. The molecule has 5 nitrogen and oxygen atoms in total. The minimum atomic E-state index is -0.465. The van der Waals surface area contributed by atoms with Crippen LogP contribution in [0.3, 0.4) is 0 Å². The van der Waals surface area contributed by atoms with Gasteiger partial charge in [-0.1, -0.05) is 18.2 Å². The molecule has 5 heteroatoms.